The van der Waals surface area contributed by atoms with Crippen molar-refractivity contribution in [3.8, 4) is 0 Å². The lowest BCUT2D eigenvalue weighted by atomic mass is 9.78. The van der Waals surface area contributed by atoms with Crippen molar-refractivity contribution in [2.24, 2.45) is 5.92 Å². The van der Waals surface area contributed by atoms with Crippen molar-refractivity contribution >= 4 is 11.3 Å². The van der Waals surface area contributed by atoms with Gasteiger partial charge in [0, 0.05) is 4.88 Å². The van der Waals surface area contributed by atoms with E-state index in [0.29, 0.717) is 0 Å². The first kappa shape index (κ1) is 10.2. The third-order valence-electron chi connectivity index (χ3n) is 3.28. The monoisotopic (exact) mass is 209 g/mol. The van der Waals surface area contributed by atoms with Crippen molar-refractivity contribution in [2.75, 3.05) is 13.6 Å². The number of hydrogen-bond donors (Lipinski definition) is 1. The third-order valence-corrected chi connectivity index (χ3v) is 4.29. The van der Waals surface area contributed by atoms with Crippen LogP contribution in [0.2, 0.25) is 0 Å². The SMILES string of the molecule is CNCC1CCCCC1c1cccs1. The summed E-state index contributed by atoms with van der Waals surface area (Å²) in [5.74, 6) is 1.70. The van der Waals surface area contributed by atoms with Gasteiger partial charge in [-0.25, -0.2) is 0 Å². The van der Waals surface area contributed by atoms with Gasteiger partial charge >= 0.3 is 0 Å². The molecule has 1 saturated carbocycles. The van der Waals surface area contributed by atoms with Crippen molar-refractivity contribution in [1.82, 2.24) is 5.32 Å². The summed E-state index contributed by atoms with van der Waals surface area (Å²) in [6.07, 6.45) is 5.65. The van der Waals surface area contributed by atoms with E-state index < -0.39 is 0 Å². The molecule has 0 radical (unpaired) electrons. The zero-order chi connectivity index (χ0) is 9.80. The maximum atomic E-state index is 3.33. The van der Waals surface area contributed by atoms with Crippen LogP contribution in [0.3, 0.4) is 0 Å². The van der Waals surface area contributed by atoms with Gasteiger partial charge in [0.1, 0.15) is 0 Å². The maximum Gasteiger partial charge on any atom is 0.00794 e. The lowest BCUT2D eigenvalue weighted by Crippen LogP contribution is -2.26. The number of rotatable bonds is 3. The van der Waals surface area contributed by atoms with E-state index in [2.05, 4.69) is 29.9 Å². The van der Waals surface area contributed by atoms with Crippen LogP contribution in [0.15, 0.2) is 17.5 Å². The zero-order valence-corrected chi connectivity index (χ0v) is 9.65. The normalized spacial score (nSPS) is 27.8. The zero-order valence-electron chi connectivity index (χ0n) is 8.83. The largest absolute Gasteiger partial charge is 0.319 e. The molecular weight excluding hydrogens is 190 g/mol. The second kappa shape index (κ2) is 4.94. The van der Waals surface area contributed by atoms with Crippen LogP contribution in [-0.2, 0) is 0 Å². The van der Waals surface area contributed by atoms with Gasteiger partial charge in [-0.15, -0.1) is 11.3 Å². The molecule has 0 spiro atoms. The lowest BCUT2D eigenvalue weighted by Gasteiger charge is -2.30. The van der Waals surface area contributed by atoms with Crippen LogP contribution in [0, 0.1) is 5.92 Å². The number of nitrogens with one attached hydrogen (secondary N) is 1. The molecular formula is C12H19NS. The molecule has 0 saturated heterocycles. The van der Waals surface area contributed by atoms with Crippen LogP contribution in [0.1, 0.15) is 36.5 Å². The summed E-state index contributed by atoms with van der Waals surface area (Å²) in [5.41, 5.74) is 0. The quantitative estimate of drug-likeness (QED) is 0.806. The molecule has 2 atom stereocenters. The van der Waals surface area contributed by atoms with Crippen molar-refractivity contribution in [3.63, 3.8) is 0 Å². The summed E-state index contributed by atoms with van der Waals surface area (Å²) >= 11 is 1.93. The molecule has 1 N–H and O–H groups in total. The summed E-state index contributed by atoms with van der Waals surface area (Å²) < 4.78 is 0. The van der Waals surface area contributed by atoms with E-state index in [-0.39, 0.29) is 0 Å². The van der Waals surface area contributed by atoms with Gasteiger partial charge in [-0.3, -0.25) is 0 Å². The van der Waals surface area contributed by atoms with Gasteiger partial charge in [0.15, 0.2) is 0 Å². The van der Waals surface area contributed by atoms with Gasteiger partial charge in [-0.2, -0.15) is 0 Å². The molecule has 2 heteroatoms. The Kier molecular flexibility index (Phi) is 3.60. The molecule has 1 aliphatic carbocycles. The smallest absolute Gasteiger partial charge is 0.00794 e. The Morgan fingerprint density at radius 1 is 1.43 bits per heavy atom. The van der Waals surface area contributed by atoms with Crippen molar-refractivity contribution in [3.05, 3.63) is 22.4 Å². The van der Waals surface area contributed by atoms with Gasteiger partial charge in [0.25, 0.3) is 0 Å². The minimum absolute atomic E-state index is 0.830. The summed E-state index contributed by atoms with van der Waals surface area (Å²) in [5, 5.41) is 5.54. The molecule has 1 aromatic rings. The first-order valence-corrected chi connectivity index (χ1v) is 6.48. The van der Waals surface area contributed by atoms with Gasteiger partial charge in [0.2, 0.25) is 0 Å². The molecule has 0 aromatic carbocycles. The Bertz CT molecular complexity index is 253. The molecule has 0 aliphatic heterocycles. The fourth-order valence-electron chi connectivity index (χ4n) is 2.59. The van der Waals surface area contributed by atoms with Crippen LogP contribution in [0.4, 0.5) is 0 Å². The van der Waals surface area contributed by atoms with Crippen LogP contribution < -0.4 is 5.32 Å². The summed E-state index contributed by atoms with van der Waals surface area (Å²) in [4.78, 5) is 1.60. The highest BCUT2D eigenvalue weighted by atomic mass is 32.1. The fraction of sp³-hybridized carbons (Fsp3) is 0.667. The van der Waals surface area contributed by atoms with E-state index in [1.165, 1.54) is 32.2 Å². The minimum atomic E-state index is 0.830. The maximum absolute atomic E-state index is 3.33. The number of thiophene rings is 1. The molecule has 1 aromatic heterocycles. The van der Waals surface area contributed by atoms with Gasteiger partial charge < -0.3 is 5.32 Å². The Hall–Kier alpha value is -0.340. The highest BCUT2D eigenvalue weighted by Gasteiger charge is 2.26. The first-order chi connectivity index (χ1) is 6.92. The Morgan fingerprint density at radius 3 is 3.00 bits per heavy atom. The second-order valence-corrected chi connectivity index (χ2v) is 5.20. The average Bonchev–Trinajstić information content (AvgIpc) is 2.72. The third kappa shape index (κ3) is 2.18. The molecule has 2 unspecified atom stereocenters. The molecule has 1 aliphatic rings. The highest BCUT2D eigenvalue weighted by Crippen LogP contribution is 2.39. The Balaban J connectivity index is 2.06. The molecule has 0 amide bonds. The molecule has 78 valence electrons. The highest BCUT2D eigenvalue weighted by molar-refractivity contribution is 7.10. The standard InChI is InChI=1S/C12H19NS/c1-13-9-10-5-2-3-6-11(10)12-7-4-8-14-12/h4,7-8,10-11,13H,2-3,5-6,9H2,1H3. The van der Waals surface area contributed by atoms with Crippen LogP contribution in [0.5, 0.6) is 0 Å². The Morgan fingerprint density at radius 2 is 2.29 bits per heavy atom. The summed E-state index contributed by atoms with van der Waals surface area (Å²) in [6.45, 7) is 1.18. The van der Waals surface area contributed by atoms with E-state index in [1.54, 1.807) is 4.88 Å². The summed E-state index contributed by atoms with van der Waals surface area (Å²) in [6, 6.07) is 4.49. The topological polar surface area (TPSA) is 12.0 Å². The summed E-state index contributed by atoms with van der Waals surface area (Å²) in [7, 11) is 2.07. The lowest BCUT2D eigenvalue weighted by molar-refractivity contribution is 0.304. The molecule has 1 nitrogen and oxygen atoms in total. The predicted octanol–water partition coefficient (Wildman–Crippen LogP) is 3.24. The van der Waals surface area contributed by atoms with Crippen LogP contribution in [0.25, 0.3) is 0 Å². The van der Waals surface area contributed by atoms with Gasteiger partial charge in [0.05, 0.1) is 0 Å². The molecule has 0 bridgehead atoms. The van der Waals surface area contributed by atoms with E-state index in [0.717, 1.165) is 11.8 Å². The molecule has 14 heavy (non-hydrogen) atoms. The van der Waals surface area contributed by atoms with Gasteiger partial charge in [-0.1, -0.05) is 18.9 Å². The van der Waals surface area contributed by atoms with Gasteiger partial charge in [-0.05, 0) is 49.7 Å². The van der Waals surface area contributed by atoms with E-state index in [9.17, 15) is 0 Å². The van der Waals surface area contributed by atoms with E-state index in [1.807, 2.05) is 11.3 Å². The Labute approximate surface area is 90.5 Å². The number of hydrogen-bond acceptors (Lipinski definition) is 2. The van der Waals surface area contributed by atoms with E-state index >= 15 is 0 Å². The van der Waals surface area contributed by atoms with Crippen molar-refractivity contribution in [2.45, 2.75) is 31.6 Å². The van der Waals surface area contributed by atoms with Crippen molar-refractivity contribution < 1.29 is 0 Å². The average molecular weight is 209 g/mol. The fourth-order valence-corrected chi connectivity index (χ4v) is 3.55. The van der Waals surface area contributed by atoms with Crippen LogP contribution in [-0.4, -0.2) is 13.6 Å². The predicted molar refractivity (Wildman–Crippen MR) is 62.9 cm³/mol. The minimum Gasteiger partial charge on any atom is -0.319 e. The second-order valence-electron chi connectivity index (χ2n) is 4.22. The first-order valence-electron chi connectivity index (χ1n) is 5.60. The molecule has 1 fully saturated rings. The van der Waals surface area contributed by atoms with Crippen LogP contribution >= 0.6 is 11.3 Å². The van der Waals surface area contributed by atoms with Crippen molar-refractivity contribution in [1.29, 1.82) is 0 Å². The molecule has 1 heterocycles. The molecule has 2 rings (SSSR count). The van der Waals surface area contributed by atoms with E-state index in [4.69, 9.17) is 0 Å².